The average molecular weight is 311 g/mol. The maximum absolute atomic E-state index is 12.4. The summed E-state index contributed by atoms with van der Waals surface area (Å²) in [5, 5.41) is 10.3. The highest BCUT2D eigenvalue weighted by Crippen LogP contribution is 2.32. The summed E-state index contributed by atoms with van der Waals surface area (Å²) in [6, 6.07) is 10.9. The average Bonchev–Trinajstić information content (AvgIpc) is 2.88. The number of rotatable bonds is 4. The van der Waals surface area contributed by atoms with Gasteiger partial charge in [-0.1, -0.05) is 36.8 Å². The van der Waals surface area contributed by atoms with E-state index < -0.39 is 0 Å². The molecule has 23 heavy (non-hydrogen) atoms. The van der Waals surface area contributed by atoms with Crippen LogP contribution in [0.25, 0.3) is 0 Å². The summed E-state index contributed by atoms with van der Waals surface area (Å²) < 4.78 is 0. The Hall–Kier alpha value is -2.10. The minimum absolute atomic E-state index is 0.108. The maximum atomic E-state index is 12.4. The highest BCUT2D eigenvalue weighted by molar-refractivity contribution is 5.79. The van der Waals surface area contributed by atoms with Gasteiger partial charge in [-0.05, 0) is 44.6 Å². The van der Waals surface area contributed by atoms with Crippen LogP contribution in [0, 0.1) is 13.8 Å². The predicted octanol–water partition coefficient (Wildman–Crippen LogP) is 3.41. The van der Waals surface area contributed by atoms with Crippen molar-refractivity contribution in [2.75, 3.05) is 0 Å². The molecule has 0 spiro atoms. The van der Waals surface area contributed by atoms with Crippen molar-refractivity contribution < 1.29 is 4.79 Å². The quantitative estimate of drug-likeness (QED) is 0.909. The molecule has 122 valence electrons. The summed E-state index contributed by atoms with van der Waals surface area (Å²) in [5.41, 5.74) is 4.33. The van der Waals surface area contributed by atoms with Crippen LogP contribution in [0.15, 0.2) is 30.3 Å². The number of hydrogen-bond acceptors (Lipinski definition) is 2. The van der Waals surface area contributed by atoms with Crippen molar-refractivity contribution >= 4 is 5.91 Å². The molecule has 0 radical (unpaired) electrons. The van der Waals surface area contributed by atoms with Gasteiger partial charge in [-0.3, -0.25) is 9.89 Å². The zero-order valence-electron chi connectivity index (χ0n) is 13.9. The fourth-order valence-electron chi connectivity index (χ4n) is 3.62. The van der Waals surface area contributed by atoms with Crippen LogP contribution in [-0.4, -0.2) is 22.1 Å². The van der Waals surface area contributed by atoms with Crippen LogP contribution in [0.5, 0.6) is 0 Å². The molecule has 0 saturated heterocycles. The highest BCUT2D eigenvalue weighted by Gasteiger charge is 2.24. The third-order valence-corrected chi connectivity index (χ3v) is 4.93. The third-order valence-electron chi connectivity index (χ3n) is 4.93. The lowest BCUT2D eigenvalue weighted by Crippen LogP contribution is -2.38. The zero-order chi connectivity index (χ0) is 16.2. The number of hydrogen-bond donors (Lipinski definition) is 2. The summed E-state index contributed by atoms with van der Waals surface area (Å²) in [6.07, 6.45) is 4.93. The van der Waals surface area contributed by atoms with E-state index in [0.29, 0.717) is 12.3 Å². The molecular weight excluding hydrogens is 286 g/mol. The van der Waals surface area contributed by atoms with Gasteiger partial charge in [0.05, 0.1) is 12.1 Å². The molecular formula is C19H25N3O. The van der Waals surface area contributed by atoms with E-state index in [9.17, 15) is 4.79 Å². The lowest BCUT2D eigenvalue weighted by Gasteiger charge is -2.30. The molecule has 2 N–H and O–H groups in total. The Morgan fingerprint density at radius 1 is 1.26 bits per heavy atom. The molecule has 1 fully saturated rings. The molecule has 1 heterocycles. The van der Waals surface area contributed by atoms with Gasteiger partial charge in [-0.2, -0.15) is 5.10 Å². The lowest BCUT2D eigenvalue weighted by molar-refractivity contribution is -0.121. The van der Waals surface area contributed by atoms with E-state index in [2.05, 4.69) is 45.8 Å². The van der Waals surface area contributed by atoms with Gasteiger partial charge in [0.15, 0.2) is 0 Å². The maximum Gasteiger partial charge on any atom is 0.224 e. The van der Waals surface area contributed by atoms with Crippen molar-refractivity contribution in [1.82, 2.24) is 15.5 Å². The molecule has 2 atom stereocenters. The Morgan fingerprint density at radius 3 is 2.74 bits per heavy atom. The number of aromatic amines is 1. The van der Waals surface area contributed by atoms with Gasteiger partial charge in [-0.25, -0.2) is 0 Å². The number of nitrogens with one attached hydrogen (secondary N) is 2. The molecule has 4 heteroatoms. The first-order valence-electron chi connectivity index (χ1n) is 8.48. The van der Waals surface area contributed by atoms with E-state index in [1.54, 1.807) is 0 Å². The number of benzene rings is 1. The standard InChI is InChI=1S/C19H25N3O/c1-13-18(14(2)22-21-13)12-19(23)20-17-10-6-9-16(11-17)15-7-4-3-5-8-15/h3-5,7-8,16-17H,6,9-12H2,1-2H3,(H,20,23)(H,21,22)/t16-,17-/m1/s1. The molecule has 1 aliphatic rings. The number of nitrogens with zero attached hydrogens (tertiary/aromatic N) is 1. The van der Waals surface area contributed by atoms with Gasteiger partial charge in [0.2, 0.25) is 5.91 Å². The van der Waals surface area contributed by atoms with E-state index >= 15 is 0 Å². The van der Waals surface area contributed by atoms with Crippen LogP contribution < -0.4 is 5.32 Å². The molecule has 1 aliphatic carbocycles. The lowest BCUT2D eigenvalue weighted by atomic mass is 9.81. The summed E-state index contributed by atoms with van der Waals surface area (Å²) in [5.74, 6) is 0.670. The topological polar surface area (TPSA) is 57.8 Å². The van der Waals surface area contributed by atoms with Crippen molar-refractivity contribution in [2.24, 2.45) is 0 Å². The van der Waals surface area contributed by atoms with E-state index in [-0.39, 0.29) is 11.9 Å². The third kappa shape index (κ3) is 3.81. The fourth-order valence-corrected chi connectivity index (χ4v) is 3.62. The van der Waals surface area contributed by atoms with Crippen LogP contribution in [-0.2, 0) is 11.2 Å². The van der Waals surface area contributed by atoms with Gasteiger partial charge < -0.3 is 5.32 Å². The summed E-state index contributed by atoms with van der Waals surface area (Å²) in [6.45, 7) is 3.91. The fraction of sp³-hybridized carbons (Fsp3) is 0.474. The van der Waals surface area contributed by atoms with Crippen LogP contribution in [0.2, 0.25) is 0 Å². The van der Waals surface area contributed by atoms with Crippen LogP contribution in [0.3, 0.4) is 0 Å². The molecule has 1 amide bonds. The largest absolute Gasteiger partial charge is 0.353 e. The summed E-state index contributed by atoms with van der Waals surface area (Å²) in [4.78, 5) is 12.4. The Kier molecular flexibility index (Phi) is 4.79. The summed E-state index contributed by atoms with van der Waals surface area (Å²) >= 11 is 0. The Balaban J connectivity index is 1.58. The smallest absolute Gasteiger partial charge is 0.224 e. The Bertz CT molecular complexity index is 643. The number of H-pyrrole nitrogens is 1. The van der Waals surface area contributed by atoms with Crippen molar-refractivity contribution in [1.29, 1.82) is 0 Å². The van der Waals surface area contributed by atoms with Gasteiger partial charge in [-0.15, -0.1) is 0 Å². The molecule has 0 aliphatic heterocycles. The van der Waals surface area contributed by atoms with E-state index in [4.69, 9.17) is 0 Å². The highest BCUT2D eigenvalue weighted by atomic mass is 16.1. The van der Waals surface area contributed by atoms with Crippen molar-refractivity contribution in [2.45, 2.75) is 57.9 Å². The zero-order valence-corrected chi connectivity index (χ0v) is 13.9. The van der Waals surface area contributed by atoms with Gasteiger partial charge in [0, 0.05) is 17.3 Å². The summed E-state index contributed by atoms with van der Waals surface area (Å²) in [7, 11) is 0. The van der Waals surface area contributed by atoms with Crippen LogP contribution in [0.1, 0.15) is 54.1 Å². The second-order valence-electron chi connectivity index (χ2n) is 6.63. The number of aromatic nitrogens is 2. The second-order valence-corrected chi connectivity index (χ2v) is 6.63. The molecule has 0 unspecified atom stereocenters. The Morgan fingerprint density at radius 2 is 2.04 bits per heavy atom. The molecule has 3 rings (SSSR count). The van der Waals surface area contributed by atoms with Crippen LogP contribution >= 0.6 is 0 Å². The number of aryl methyl sites for hydroxylation is 2. The number of carbonyl (C=O) groups excluding carboxylic acids is 1. The van der Waals surface area contributed by atoms with E-state index in [1.807, 2.05) is 13.8 Å². The van der Waals surface area contributed by atoms with Crippen molar-refractivity contribution in [3.05, 3.63) is 52.8 Å². The van der Waals surface area contributed by atoms with Gasteiger partial charge in [0.1, 0.15) is 0 Å². The van der Waals surface area contributed by atoms with E-state index in [0.717, 1.165) is 29.8 Å². The predicted molar refractivity (Wildman–Crippen MR) is 91.3 cm³/mol. The first-order chi connectivity index (χ1) is 11.1. The minimum atomic E-state index is 0.108. The Labute approximate surface area is 137 Å². The van der Waals surface area contributed by atoms with Gasteiger partial charge in [0.25, 0.3) is 0 Å². The first kappa shape index (κ1) is 15.8. The van der Waals surface area contributed by atoms with Crippen molar-refractivity contribution in [3.63, 3.8) is 0 Å². The van der Waals surface area contributed by atoms with Gasteiger partial charge >= 0.3 is 0 Å². The van der Waals surface area contributed by atoms with Crippen LogP contribution in [0.4, 0.5) is 0 Å². The monoisotopic (exact) mass is 311 g/mol. The molecule has 1 saturated carbocycles. The molecule has 4 nitrogen and oxygen atoms in total. The molecule has 0 bridgehead atoms. The van der Waals surface area contributed by atoms with Crippen molar-refractivity contribution in [3.8, 4) is 0 Å². The molecule has 1 aromatic heterocycles. The normalized spacial score (nSPS) is 21.1. The number of amides is 1. The SMILES string of the molecule is Cc1n[nH]c(C)c1CC(=O)N[C@@H]1CCC[C@@H](c2ccccc2)C1. The minimum Gasteiger partial charge on any atom is -0.353 e. The number of carbonyl (C=O) groups is 1. The molecule has 2 aromatic rings. The van der Waals surface area contributed by atoms with E-state index in [1.165, 1.54) is 18.4 Å². The first-order valence-corrected chi connectivity index (χ1v) is 8.48. The molecule has 1 aromatic carbocycles. The second kappa shape index (κ2) is 6.99.